The third kappa shape index (κ3) is 3.30. The Morgan fingerprint density at radius 1 is 0.929 bits per heavy atom. The Bertz CT molecular complexity index is 1100. The van der Waals surface area contributed by atoms with Gasteiger partial charge in [-0.25, -0.2) is 9.13 Å². The number of aromatic nitrogens is 2. The molecule has 3 aromatic carbocycles. The number of imidazole rings is 1. The van der Waals surface area contributed by atoms with Crippen LogP contribution in [0.5, 0.6) is 0 Å². The zero-order valence-electron chi connectivity index (χ0n) is 15.7. The van der Waals surface area contributed by atoms with Crippen molar-refractivity contribution in [2.45, 2.75) is 19.2 Å². The summed E-state index contributed by atoms with van der Waals surface area (Å²) in [6.07, 6.45) is 1.17. The highest BCUT2D eigenvalue weighted by molar-refractivity contribution is 5.74. The van der Waals surface area contributed by atoms with Crippen LogP contribution in [0.15, 0.2) is 91.5 Å². The van der Waals surface area contributed by atoms with Gasteiger partial charge in [-0.1, -0.05) is 79.4 Å². The molecular weight excluding hydrogens is 346 g/mol. The molecule has 140 valence electrons. The number of allylic oxidation sites excluding steroid dienone is 1. The van der Waals surface area contributed by atoms with Gasteiger partial charge in [0, 0.05) is 0 Å². The molecule has 0 saturated heterocycles. The molecule has 0 unspecified atom stereocenters. The molecule has 0 aliphatic heterocycles. The molecule has 0 aliphatic carbocycles. The van der Waals surface area contributed by atoms with E-state index in [4.69, 9.17) is 5.73 Å². The average molecular weight is 370 g/mol. The second-order valence-corrected chi connectivity index (χ2v) is 6.86. The maximum absolute atomic E-state index is 10.9. The van der Waals surface area contributed by atoms with Gasteiger partial charge in [0.15, 0.2) is 0 Å². The fourth-order valence-electron chi connectivity index (χ4n) is 3.63. The highest BCUT2D eigenvalue weighted by Gasteiger charge is 2.22. The number of nitrogens with zero attached hydrogens (tertiary/aromatic N) is 2. The lowest BCUT2D eigenvalue weighted by Gasteiger charge is -2.12. The first-order valence-electron chi connectivity index (χ1n) is 9.40. The highest BCUT2D eigenvalue weighted by Crippen LogP contribution is 2.23. The van der Waals surface area contributed by atoms with E-state index in [0.717, 1.165) is 27.7 Å². The van der Waals surface area contributed by atoms with Crippen LogP contribution in [0.1, 0.15) is 11.7 Å². The van der Waals surface area contributed by atoms with Gasteiger partial charge in [0.2, 0.25) is 0 Å². The van der Waals surface area contributed by atoms with Crippen molar-refractivity contribution in [3.8, 4) is 11.1 Å². The van der Waals surface area contributed by atoms with Crippen molar-refractivity contribution >= 4 is 17.0 Å². The van der Waals surface area contributed by atoms with Crippen molar-refractivity contribution in [1.29, 1.82) is 0 Å². The molecule has 1 atom stereocenters. The predicted molar refractivity (Wildman–Crippen MR) is 114 cm³/mol. The van der Waals surface area contributed by atoms with Crippen LogP contribution in [0.3, 0.4) is 0 Å². The van der Waals surface area contributed by atoms with Crippen LogP contribution in [-0.4, -0.2) is 9.67 Å². The molecule has 0 amide bonds. The summed E-state index contributed by atoms with van der Waals surface area (Å²) < 4.78 is 3.97. The molecule has 4 heteroatoms. The van der Waals surface area contributed by atoms with E-state index in [1.165, 1.54) is 0 Å². The van der Waals surface area contributed by atoms with Crippen LogP contribution >= 0.6 is 0 Å². The summed E-state index contributed by atoms with van der Waals surface area (Å²) in [6, 6.07) is 26.3. The van der Waals surface area contributed by atoms with Crippen molar-refractivity contribution in [2.75, 3.05) is 5.73 Å². The molecule has 28 heavy (non-hydrogen) atoms. The number of nitrogens with two attached hydrogens (primary N) is 1. The van der Waals surface area contributed by atoms with Gasteiger partial charge in [0.25, 0.3) is 0 Å². The average Bonchev–Trinajstić information content (AvgIpc) is 3.01. The van der Waals surface area contributed by atoms with Crippen LogP contribution in [0.25, 0.3) is 22.2 Å². The predicted octanol–water partition coefficient (Wildman–Crippen LogP) is 4.10. The van der Waals surface area contributed by atoms with E-state index in [-0.39, 0.29) is 0 Å². The summed E-state index contributed by atoms with van der Waals surface area (Å²) in [5, 5.41) is 10.9. The van der Waals surface area contributed by atoms with Crippen molar-refractivity contribution in [3.63, 3.8) is 0 Å². The van der Waals surface area contributed by atoms with E-state index >= 15 is 0 Å². The van der Waals surface area contributed by atoms with E-state index in [1.54, 1.807) is 0 Å². The van der Waals surface area contributed by atoms with E-state index < -0.39 is 6.10 Å². The number of hydrogen-bond donors (Lipinski definition) is 2. The lowest BCUT2D eigenvalue weighted by Crippen LogP contribution is -2.39. The monoisotopic (exact) mass is 370 g/mol. The fourth-order valence-corrected chi connectivity index (χ4v) is 3.63. The Kier molecular flexibility index (Phi) is 4.96. The van der Waals surface area contributed by atoms with Crippen molar-refractivity contribution in [1.82, 2.24) is 4.57 Å². The number of nitrogen functional groups attached to an aromatic ring is 1. The van der Waals surface area contributed by atoms with Crippen LogP contribution in [-0.2, 0) is 13.1 Å². The van der Waals surface area contributed by atoms with Crippen LogP contribution in [0, 0.1) is 0 Å². The molecule has 0 bridgehead atoms. The number of aliphatic hydroxyl groups excluding tert-OH is 1. The number of para-hydroxylation sites is 2. The van der Waals surface area contributed by atoms with Crippen LogP contribution in [0.4, 0.5) is 5.95 Å². The van der Waals surface area contributed by atoms with E-state index in [0.29, 0.717) is 19.0 Å². The van der Waals surface area contributed by atoms with Gasteiger partial charge in [-0.2, -0.15) is 0 Å². The molecule has 0 fully saturated rings. The summed E-state index contributed by atoms with van der Waals surface area (Å²) >= 11 is 0. The molecule has 3 N–H and O–H groups in total. The van der Waals surface area contributed by atoms with Gasteiger partial charge in [-0.05, 0) is 28.8 Å². The van der Waals surface area contributed by atoms with Gasteiger partial charge < -0.3 is 5.11 Å². The number of hydrogen-bond acceptors (Lipinski definition) is 2. The molecule has 0 saturated carbocycles. The van der Waals surface area contributed by atoms with Gasteiger partial charge in [0.05, 0.1) is 6.54 Å². The van der Waals surface area contributed by atoms with Crippen molar-refractivity contribution < 1.29 is 9.67 Å². The highest BCUT2D eigenvalue weighted by atomic mass is 16.3. The summed E-state index contributed by atoms with van der Waals surface area (Å²) in [4.78, 5) is 0. The minimum atomic E-state index is -0.653. The Hall–Kier alpha value is -3.37. The number of fused-ring (bicyclic) bond motifs is 1. The fraction of sp³-hybridized carbons (Fsp3) is 0.125. The van der Waals surface area contributed by atoms with Gasteiger partial charge in [-0.15, -0.1) is 0 Å². The SMILES string of the molecule is C=CCn1c(N)[n+](C[C@@H](O)c2ccc(-c3ccccc3)cc2)c2ccccc21. The first-order chi connectivity index (χ1) is 13.7. The zero-order chi connectivity index (χ0) is 19.5. The Balaban J connectivity index is 1.63. The topological polar surface area (TPSA) is 55.1 Å². The van der Waals surface area contributed by atoms with Crippen LogP contribution in [0.2, 0.25) is 0 Å². The molecular formula is C24H24N3O+. The quantitative estimate of drug-likeness (QED) is 0.397. The number of aliphatic hydroxyl groups is 1. The van der Waals surface area contributed by atoms with Crippen molar-refractivity contribution in [2.24, 2.45) is 0 Å². The van der Waals surface area contributed by atoms with E-state index in [9.17, 15) is 5.11 Å². The maximum atomic E-state index is 10.9. The molecule has 4 rings (SSSR count). The number of rotatable bonds is 6. The van der Waals surface area contributed by atoms with Gasteiger partial charge in [-0.3, -0.25) is 5.73 Å². The van der Waals surface area contributed by atoms with E-state index in [1.807, 2.05) is 81.9 Å². The first-order valence-corrected chi connectivity index (χ1v) is 9.40. The van der Waals surface area contributed by atoms with Crippen molar-refractivity contribution in [3.05, 3.63) is 97.1 Å². The minimum Gasteiger partial charge on any atom is -0.385 e. The first kappa shape index (κ1) is 18.0. The number of anilines is 1. The van der Waals surface area contributed by atoms with Crippen LogP contribution < -0.4 is 10.3 Å². The minimum absolute atomic E-state index is 0.390. The molecule has 0 radical (unpaired) electrons. The zero-order valence-corrected chi connectivity index (χ0v) is 15.7. The lowest BCUT2D eigenvalue weighted by molar-refractivity contribution is -0.666. The molecule has 0 aliphatic rings. The molecule has 0 spiro atoms. The van der Waals surface area contributed by atoms with Gasteiger partial charge >= 0.3 is 5.95 Å². The maximum Gasteiger partial charge on any atom is 0.356 e. The Morgan fingerprint density at radius 2 is 1.57 bits per heavy atom. The molecule has 1 heterocycles. The summed E-state index contributed by atoms with van der Waals surface area (Å²) in [6.45, 7) is 4.84. The molecule has 4 nitrogen and oxygen atoms in total. The largest absolute Gasteiger partial charge is 0.385 e. The standard InChI is InChI=1S/C24H23N3O/c1-2-16-26-21-10-6-7-11-22(21)27(24(26)25)17-23(28)20-14-12-19(13-15-20)18-8-4-3-5-9-18/h2-15,23,25,28H,1,16-17H2/p+1/t23-/m1/s1. The second kappa shape index (κ2) is 7.71. The smallest absolute Gasteiger partial charge is 0.356 e. The lowest BCUT2D eigenvalue weighted by atomic mass is 10.0. The summed E-state index contributed by atoms with van der Waals surface area (Å²) in [5.74, 6) is 0.612. The van der Waals surface area contributed by atoms with Gasteiger partial charge in [0.1, 0.15) is 23.7 Å². The Morgan fingerprint density at radius 3 is 2.29 bits per heavy atom. The molecule has 4 aromatic rings. The molecule has 1 aromatic heterocycles. The van der Waals surface area contributed by atoms with E-state index in [2.05, 4.69) is 18.7 Å². The normalized spacial score (nSPS) is 12.2. The summed E-state index contributed by atoms with van der Waals surface area (Å²) in [7, 11) is 0. The number of benzene rings is 3. The third-order valence-corrected chi connectivity index (χ3v) is 5.09. The summed E-state index contributed by atoms with van der Waals surface area (Å²) in [5.41, 5.74) is 11.6. The third-order valence-electron chi connectivity index (χ3n) is 5.09. The Labute approximate surface area is 164 Å². The second-order valence-electron chi connectivity index (χ2n) is 6.86.